The number of hydrogen-bond acceptors (Lipinski definition) is 8. The van der Waals surface area contributed by atoms with Gasteiger partial charge in [0.15, 0.2) is 0 Å². The fourth-order valence-electron chi connectivity index (χ4n) is 2.00. The Kier molecular flexibility index (Phi) is 11.0. The van der Waals surface area contributed by atoms with Gasteiger partial charge in [0, 0.05) is 23.8 Å². The fourth-order valence-corrected chi connectivity index (χ4v) is 2.72. The summed E-state index contributed by atoms with van der Waals surface area (Å²) in [6, 6.07) is 4.44. The topological polar surface area (TPSA) is 104 Å². The molecule has 0 saturated carbocycles. The Labute approximate surface area is 152 Å². The summed E-state index contributed by atoms with van der Waals surface area (Å²) in [4.78, 5) is 15.9. The Morgan fingerprint density at radius 3 is 2.60 bits per heavy atom. The maximum atomic E-state index is 8.36. The summed E-state index contributed by atoms with van der Waals surface area (Å²) in [6.45, 7) is 8.22. The lowest BCUT2D eigenvalue weighted by atomic mass is 10.3. The number of pyridine rings is 1. The van der Waals surface area contributed by atoms with Gasteiger partial charge in [0.2, 0.25) is 5.89 Å². The van der Waals surface area contributed by atoms with Gasteiger partial charge in [-0.1, -0.05) is 18.9 Å². The summed E-state index contributed by atoms with van der Waals surface area (Å²) in [6.07, 6.45) is 4.61. The highest BCUT2D eigenvalue weighted by atomic mass is 32.2. The van der Waals surface area contributed by atoms with E-state index in [2.05, 4.69) is 39.2 Å². The van der Waals surface area contributed by atoms with Gasteiger partial charge >= 0.3 is 6.01 Å². The van der Waals surface area contributed by atoms with Crippen molar-refractivity contribution in [1.29, 1.82) is 0 Å². The molecule has 0 aliphatic rings. The molecule has 0 radical (unpaired) electrons. The zero-order valence-corrected chi connectivity index (χ0v) is 15.4. The van der Waals surface area contributed by atoms with Crippen LogP contribution in [0.5, 0.6) is 0 Å². The number of nitrogens with zero attached hydrogens (tertiary/aromatic N) is 4. The lowest BCUT2D eigenvalue weighted by Crippen LogP contribution is -2.25. The molecule has 0 amide bonds. The van der Waals surface area contributed by atoms with E-state index in [1.807, 2.05) is 12.1 Å². The van der Waals surface area contributed by atoms with Crippen LogP contribution in [0, 0.1) is 0 Å². The second-order valence-corrected chi connectivity index (χ2v) is 5.93. The first-order chi connectivity index (χ1) is 12.2. The average Bonchev–Trinajstić information content (AvgIpc) is 3.09. The van der Waals surface area contributed by atoms with Crippen molar-refractivity contribution in [3.05, 3.63) is 30.4 Å². The third kappa shape index (κ3) is 9.06. The molecule has 0 spiro atoms. The lowest BCUT2D eigenvalue weighted by molar-refractivity contribution is -0.122. The van der Waals surface area contributed by atoms with E-state index in [1.165, 1.54) is 0 Å². The molecular formula is C16H25N5O3S. The van der Waals surface area contributed by atoms with Crippen molar-refractivity contribution >= 4 is 24.2 Å². The summed E-state index contributed by atoms with van der Waals surface area (Å²) in [7, 11) is 0. The van der Waals surface area contributed by atoms with Crippen molar-refractivity contribution in [1.82, 2.24) is 20.1 Å². The number of carboxylic acid groups (broad SMARTS) is 1. The van der Waals surface area contributed by atoms with Gasteiger partial charge in [-0.2, -0.15) is 0 Å². The van der Waals surface area contributed by atoms with Crippen LogP contribution < -0.4 is 5.32 Å². The van der Waals surface area contributed by atoms with Gasteiger partial charge in [-0.15, -0.1) is 16.9 Å². The third-order valence-electron chi connectivity index (χ3n) is 3.30. The van der Waals surface area contributed by atoms with Gasteiger partial charge in [0.25, 0.3) is 6.47 Å². The smallest absolute Gasteiger partial charge is 0.315 e. The number of anilines is 1. The standard InChI is InChI=1S/C15H23N5OS.CH2O2/c1-3-20(4-2)11-5-8-17-15-19-18-14(21-15)12-22-13-6-9-16-10-7-13;2-1-3/h6-7,9-10H,3-5,8,11-12H2,1-2H3,(H,17,19);1H,(H,2,3). The van der Waals surface area contributed by atoms with E-state index in [9.17, 15) is 0 Å². The molecule has 2 aromatic rings. The first kappa shape index (κ1) is 20.9. The number of nitrogens with one attached hydrogen (secondary N) is 1. The number of carbonyl (C=O) groups is 1. The molecule has 0 aromatic carbocycles. The highest BCUT2D eigenvalue weighted by Crippen LogP contribution is 2.21. The van der Waals surface area contributed by atoms with E-state index < -0.39 is 0 Å². The number of aromatic nitrogens is 3. The van der Waals surface area contributed by atoms with Gasteiger partial charge in [0.1, 0.15) is 0 Å². The summed E-state index contributed by atoms with van der Waals surface area (Å²) in [5.74, 6) is 1.30. The van der Waals surface area contributed by atoms with Crippen molar-refractivity contribution in [3.8, 4) is 0 Å². The second-order valence-electron chi connectivity index (χ2n) is 4.89. The van der Waals surface area contributed by atoms with Crippen LogP contribution in [0.15, 0.2) is 33.8 Å². The quantitative estimate of drug-likeness (QED) is 0.372. The fraction of sp³-hybridized carbons (Fsp3) is 0.500. The molecule has 0 aliphatic carbocycles. The normalized spacial score (nSPS) is 10.2. The zero-order chi connectivity index (χ0) is 18.3. The molecular weight excluding hydrogens is 342 g/mol. The number of hydrogen-bond donors (Lipinski definition) is 2. The number of rotatable bonds is 10. The van der Waals surface area contributed by atoms with Crippen molar-refractivity contribution in [2.45, 2.75) is 30.9 Å². The third-order valence-corrected chi connectivity index (χ3v) is 4.30. The van der Waals surface area contributed by atoms with Crippen LogP contribution >= 0.6 is 11.8 Å². The Bertz CT molecular complexity index is 578. The maximum absolute atomic E-state index is 8.36. The largest absolute Gasteiger partial charge is 0.483 e. The van der Waals surface area contributed by atoms with Crippen LogP contribution in [0.25, 0.3) is 0 Å². The second kappa shape index (κ2) is 13.2. The Hall–Kier alpha value is -2.13. The SMILES string of the molecule is CCN(CC)CCCNc1nnc(CSc2ccncc2)o1.O=CO. The van der Waals surface area contributed by atoms with E-state index in [0.717, 1.165) is 37.5 Å². The highest BCUT2D eigenvalue weighted by molar-refractivity contribution is 7.98. The molecule has 0 saturated heterocycles. The maximum Gasteiger partial charge on any atom is 0.315 e. The van der Waals surface area contributed by atoms with Crippen molar-refractivity contribution < 1.29 is 14.3 Å². The summed E-state index contributed by atoms with van der Waals surface area (Å²) >= 11 is 1.65. The average molecular weight is 367 g/mol. The first-order valence-electron chi connectivity index (χ1n) is 8.12. The lowest BCUT2D eigenvalue weighted by Gasteiger charge is -2.17. The zero-order valence-electron chi connectivity index (χ0n) is 14.6. The van der Waals surface area contributed by atoms with Crippen LogP contribution in [0.3, 0.4) is 0 Å². The monoisotopic (exact) mass is 367 g/mol. The van der Waals surface area contributed by atoms with E-state index in [-0.39, 0.29) is 6.47 Å². The van der Waals surface area contributed by atoms with Gasteiger partial charge in [-0.3, -0.25) is 9.78 Å². The van der Waals surface area contributed by atoms with Gasteiger partial charge in [-0.05, 0) is 38.2 Å². The molecule has 8 nitrogen and oxygen atoms in total. The molecule has 0 bridgehead atoms. The van der Waals surface area contributed by atoms with E-state index in [4.69, 9.17) is 14.3 Å². The molecule has 2 rings (SSSR count). The molecule has 0 atom stereocenters. The van der Waals surface area contributed by atoms with Gasteiger partial charge in [0.05, 0.1) is 5.75 Å². The van der Waals surface area contributed by atoms with E-state index in [1.54, 1.807) is 24.2 Å². The molecule has 2 N–H and O–H groups in total. The summed E-state index contributed by atoms with van der Waals surface area (Å²) in [5, 5.41) is 18.1. The predicted molar refractivity (Wildman–Crippen MR) is 97.7 cm³/mol. The minimum Gasteiger partial charge on any atom is -0.483 e. The van der Waals surface area contributed by atoms with Crippen LogP contribution in [-0.2, 0) is 10.5 Å². The molecule has 0 fully saturated rings. The van der Waals surface area contributed by atoms with Gasteiger partial charge < -0.3 is 19.7 Å². The highest BCUT2D eigenvalue weighted by Gasteiger charge is 2.06. The molecule has 25 heavy (non-hydrogen) atoms. The van der Waals surface area contributed by atoms with Crippen molar-refractivity contribution in [3.63, 3.8) is 0 Å². The van der Waals surface area contributed by atoms with Crippen LogP contribution in [0.2, 0.25) is 0 Å². The van der Waals surface area contributed by atoms with E-state index >= 15 is 0 Å². The van der Waals surface area contributed by atoms with E-state index in [0.29, 0.717) is 17.7 Å². The molecule has 9 heteroatoms. The van der Waals surface area contributed by atoms with Crippen LogP contribution in [-0.4, -0.2) is 57.8 Å². The molecule has 138 valence electrons. The van der Waals surface area contributed by atoms with Crippen molar-refractivity contribution in [2.75, 3.05) is 31.5 Å². The summed E-state index contributed by atoms with van der Waals surface area (Å²) < 4.78 is 5.58. The number of thioether (sulfide) groups is 1. The Morgan fingerprint density at radius 1 is 1.28 bits per heavy atom. The van der Waals surface area contributed by atoms with Crippen LogP contribution in [0.1, 0.15) is 26.2 Å². The minimum atomic E-state index is -0.250. The van der Waals surface area contributed by atoms with Crippen molar-refractivity contribution in [2.24, 2.45) is 0 Å². The molecule has 2 aromatic heterocycles. The van der Waals surface area contributed by atoms with Crippen LogP contribution in [0.4, 0.5) is 6.01 Å². The molecule has 0 unspecified atom stereocenters. The summed E-state index contributed by atoms with van der Waals surface area (Å²) in [5.41, 5.74) is 0. The Balaban J connectivity index is 0.000000970. The molecule has 2 heterocycles. The minimum absolute atomic E-state index is 0.250. The van der Waals surface area contributed by atoms with Gasteiger partial charge in [-0.25, -0.2) is 0 Å². The molecule has 0 aliphatic heterocycles. The Morgan fingerprint density at radius 2 is 1.96 bits per heavy atom. The first-order valence-corrected chi connectivity index (χ1v) is 9.11. The predicted octanol–water partition coefficient (Wildman–Crippen LogP) is 2.60.